The second-order valence-corrected chi connectivity index (χ2v) is 7.59. The van der Waals surface area contributed by atoms with Gasteiger partial charge in [-0.2, -0.15) is 0 Å². The Kier molecular flexibility index (Phi) is 2.64. The average Bonchev–Trinajstić information content (AvgIpc) is 3.19. The highest BCUT2D eigenvalue weighted by Crippen LogP contribution is 2.49. The first kappa shape index (κ1) is 10.7. The topological polar surface area (TPSA) is 24.4 Å². The van der Waals surface area contributed by atoms with Gasteiger partial charge in [0, 0.05) is 11.8 Å². The molecule has 94 valence electrons. The van der Waals surface area contributed by atoms with E-state index in [0.29, 0.717) is 0 Å². The quantitative estimate of drug-likeness (QED) is 0.811. The molecule has 0 aromatic rings. The Morgan fingerprint density at radius 2 is 1.82 bits per heavy atom. The number of hydrogen-bond acceptors (Lipinski definition) is 3. The van der Waals surface area contributed by atoms with Gasteiger partial charge in [0.05, 0.1) is 6.54 Å². The predicted molar refractivity (Wildman–Crippen MR) is 73.3 cm³/mol. The highest BCUT2D eigenvalue weighted by molar-refractivity contribution is 8.14. The van der Waals surface area contributed by atoms with Crippen LogP contribution in [-0.4, -0.2) is 23.5 Å². The number of nitrogens with one attached hydrogen (secondary N) is 1. The molecule has 0 bridgehead atoms. The zero-order valence-corrected chi connectivity index (χ0v) is 11.2. The minimum Gasteiger partial charge on any atom is -0.365 e. The Balaban J connectivity index is 1.26. The van der Waals surface area contributed by atoms with E-state index in [4.69, 9.17) is 0 Å². The molecule has 3 aliphatic carbocycles. The Hall–Kier alpha value is -0.180. The monoisotopic (exact) mass is 250 g/mol. The molecular formula is C14H22N2S. The number of amidine groups is 1. The molecule has 3 heteroatoms. The molecule has 1 aliphatic heterocycles. The van der Waals surface area contributed by atoms with E-state index >= 15 is 0 Å². The lowest BCUT2D eigenvalue weighted by Crippen LogP contribution is -2.29. The van der Waals surface area contributed by atoms with Crippen molar-refractivity contribution in [2.24, 2.45) is 28.7 Å². The fourth-order valence-electron chi connectivity index (χ4n) is 3.17. The summed E-state index contributed by atoms with van der Waals surface area (Å²) in [5.74, 6) is 4.08. The summed E-state index contributed by atoms with van der Waals surface area (Å²) in [5.41, 5.74) is 0. The molecule has 4 aliphatic rings. The molecule has 0 saturated heterocycles. The molecular weight excluding hydrogens is 228 g/mol. The van der Waals surface area contributed by atoms with Gasteiger partial charge in [-0.3, -0.25) is 4.99 Å². The summed E-state index contributed by atoms with van der Waals surface area (Å²) in [7, 11) is 0. The van der Waals surface area contributed by atoms with Gasteiger partial charge in [0.25, 0.3) is 0 Å². The molecule has 0 amide bonds. The molecule has 1 N–H and O–H groups in total. The van der Waals surface area contributed by atoms with E-state index in [9.17, 15) is 0 Å². The van der Waals surface area contributed by atoms with Crippen LogP contribution in [0.3, 0.4) is 0 Å². The molecule has 1 unspecified atom stereocenters. The van der Waals surface area contributed by atoms with E-state index in [0.717, 1.165) is 35.5 Å². The number of hydrogen-bond donors (Lipinski definition) is 1. The van der Waals surface area contributed by atoms with E-state index in [-0.39, 0.29) is 0 Å². The molecule has 0 spiro atoms. The second kappa shape index (κ2) is 4.18. The average molecular weight is 250 g/mol. The summed E-state index contributed by atoms with van der Waals surface area (Å²) in [6, 6.07) is 0. The first-order valence-electron chi connectivity index (χ1n) is 7.35. The van der Waals surface area contributed by atoms with Crippen molar-refractivity contribution >= 4 is 16.9 Å². The highest BCUT2D eigenvalue weighted by Gasteiger charge is 2.41. The van der Waals surface area contributed by atoms with Crippen molar-refractivity contribution in [3.63, 3.8) is 0 Å². The summed E-state index contributed by atoms with van der Waals surface area (Å²) in [5, 5.41) is 5.72. The zero-order valence-electron chi connectivity index (χ0n) is 10.4. The molecule has 3 saturated carbocycles. The first-order valence-corrected chi connectivity index (χ1v) is 8.23. The maximum absolute atomic E-state index is 4.68. The van der Waals surface area contributed by atoms with Crippen LogP contribution in [0.5, 0.6) is 0 Å². The van der Waals surface area contributed by atoms with Gasteiger partial charge in [-0.1, -0.05) is 11.8 Å². The Morgan fingerprint density at radius 3 is 2.41 bits per heavy atom. The van der Waals surface area contributed by atoms with E-state index in [1.165, 1.54) is 50.2 Å². The van der Waals surface area contributed by atoms with Gasteiger partial charge < -0.3 is 5.32 Å². The summed E-state index contributed by atoms with van der Waals surface area (Å²) in [4.78, 5) is 4.68. The fraction of sp³-hybridized carbons (Fsp3) is 0.929. The Morgan fingerprint density at radius 1 is 1.12 bits per heavy atom. The third kappa shape index (κ3) is 2.49. The number of nitrogens with zero attached hydrogens (tertiary/aromatic N) is 1. The van der Waals surface area contributed by atoms with E-state index < -0.39 is 0 Å². The molecule has 1 heterocycles. The van der Waals surface area contributed by atoms with E-state index in [1.54, 1.807) is 0 Å². The van der Waals surface area contributed by atoms with Crippen LogP contribution in [0, 0.1) is 23.7 Å². The minimum absolute atomic E-state index is 0.817. The van der Waals surface area contributed by atoms with E-state index in [2.05, 4.69) is 10.3 Å². The predicted octanol–water partition coefficient (Wildman–Crippen LogP) is 2.89. The first-order chi connectivity index (χ1) is 8.40. The van der Waals surface area contributed by atoms with Crippen LogP contribution in [0.2, 0.25) is 0 Å². The van der Waals surface area contributed by atoms with E-state index in [1.807, 2.05) is 11.8 Å². The lowest BCUT2D eigenvalue weighted by atomic mass is 9.98. The molecule has 0 aromatic carbocycles. The largest absolute Gasteiger partial charge is 0.365 e. The van der Waals surface area contributed by atoms with Crippen molar-refractivity contribution in [2.75, 3.05) is 13.1 Å². The Labute approximate surface area is 108 Å². The van der Waals surface area contributed by atoms with Crippen LogP contribution in [0.15, 0.2) is 4.99 Å². The molecule has 0 radical (unpaired) electrons. The fourth-order valence-corrected chi connectivity index (χ4v) is 4.39. The Bertz CT molecular complexity index is 317. The van der Waals surface area contributed by atoms with Crippen LogP contribution in [0.25, 0.3) is 0 Å². The van der Waals surface area contributed by atoms with Crippen molar-refractivity contribution in [1.29, 1.82) is 0 Å². The number of rotatable bonds is 5. The molecule has 0 aromatic heterocycles. The standard InChI is InChI=1S/C14H22N2S/c1-2-9(1)12(10-3-4-10)7-15-14-16-8-13(17-14)11-5-6-11/h9-13H,1-8H2,(H,15,16). The molecule has 2 nitrogen and oxygen atoms in total. The van der Waals surface area contributed by atoms with Crippen LogP contribution in [0.1, 0.15) is 38.5 Å². The maximum atomic E-state index is 4.68. The number of aliphatic imine (C=N–C) groups is 1. The zero-order chi connectivity index (χ0) is 11.2. The summed E-state index contributed by atoms with van der Waals surface area (Å²) in [6.07, 6.45) is 8.88. The van der Waals surface area contributed by atoms with Gasteiger partial charge in [0.1, 0.15) is 0 Å². The normalized spacial score (nSPS) is 33.0. The molecule has 4 rings (SSSR count). The van der Waals surface area contributed by atoms with Gasteiger partial charge >= 0.3 is 0 Å². The smallest absolute Gasteiger partial charge is 0.156 e. The SMILES string of the molecule is C1CC1C1CN=C(NCC(C2CC2)C2CC2)S1. The van der Waals surface area contributed by atoms with Crippen molar-refractivity contribution in [3.05, 3.63) is 0 Å². The maximum Gasteiger partial charge on any atom is 0.156 e. The van der Waals surface area contributed by atoms with Crippen molar-refractivity contribution < 1.29 is 0 Å². The number of thioether (sulfide) groups is 1. The second-order valence-electron chi connectivity index (χ2n) is 6.36. The van der Waals surface area contributed by atoms with Crippen molar-refractivity contribution in [1.82, 2.24) is 5.32 Å². The summed E-state index contributed by atoms with van der Waals surface area (Å²) >= 11 is 2.03. The lowest BCUT2D eigenvalue weighted by molar-refractivity contribution is 0.403. The van der Waals surface area contributed by atoms with Gasteiger partial charge in [-0.05, 0) is 62.2 Å². The van der Waals surface area contributed by atoms with Gasteiger partial charge in [-0.25, -0.2) is 0 Å². The lowest BCUT2D eigenvalue weighted by Gasteiger charge is -2.17. The third-order valence-electron chi connectivity index (χ3n) is 4.77. The molecule has 17 heavy (non-hydrogen) atoms. The van der Waals surface area contributed by atoms with Crippen molar-refractivity contribution in [2.45, 2.75) is 43.8 Å². The summed E-state index contributed by atoms with van der Waals surface area (Å²) < 4.78 is 0. The van der Waals surface area contributed by atoms with Crippen LogP contribution < -0.4 is 5.32 Å². The van der Waals surface area contributed by atoms with Gasteiger partial charge in [0.15, 0.2) is 5.17 Å². The highest BCUT2D eigenvalue weighted by atomic mass is 32.2. The third-order valence-corrected chi connectivity index (χ3v) is 6.10. The van der Waals surface area contributed by atoms with Crippen LogP contribution in [-0.2, 0) is 0 Å². The minimum atomic E-state index is 0.817. The van der Waals surface area contributed by atoms with Crippen LogP contribution in [0.4, 0.5) is 0 Å². The van der Waals surface area contributed by atoms with Crippen molar-refractivity contribution in [3.8, 4) is 0 Å². The van der Waals surface area contributed by atoms with Gasteiger partial charge in [0.2, 0.25) is 0 Å². The summed E-state index contributed by atoms with van der Waals surface area (Å²) in [6.45, 7) is 2.29. The molecule has 1 atom stereocenters. The molecule has 3 fully saturated rings. The van der Waals surface area contributed by atoms with Gasteiger partial charge in [-0.15, -0.1) is 0 Å². The van der Waals surface area contributed by atoms with Crippen LogP contribution >= 0.6 is 11.8 Å².